The van der Waals surface area contributed by atoms with Crippen LogP contribution in [0.1, 0.15) is 12.5 Å². The summed E-state index contributed by atoms with van der Waals surface area (Å²) in [7, 11) is 0. The molecule has 1 aromatic heterocycles. The second-order valence-electron chi connectivity index (χ2n) is 4.70. The Morgan fingerprint density at radius 1 is 1.05 bits per heavy atom. The van der Waals surface area contributed by atoms with Gasteiger partial charge in [0.25, 0.3) is 0 Å². The highest BCUT2D eigenvalue weighted by Gasteiger charge is 2.02. The molecular formula is C17H16N2O. The third kappa shape index (κ3) is 2.57. The first-order valence-corrected chi connectivity index (χ1v) is 6.67. The first-order chi connectivity index (χ1) is 9.74. The highest BCUT2D eigenvalue weighted by molar-refractivity contribution is 5.82. The molecule has 1 heterocycles. The van der Waals surface area contributed by atoms with Crippen LogP contribution in [0.3, 0.4) is 0 Å². The van der Waals surface area contributed by atoms with Gasteiger partial charge in [0, 0.05) is 17.1 Å². The maximum absolute atomic E-state index is 5.82. The first kappa shape index (κ1) is 12.5. The van der Waals surface area contributed by atoms with E-state index in [9.17, 15) is 0 Å². The van der Waals surface area contributed by atoms with Crippen LogP contribution in [0.2, 0.25) is 0 Å². The van der Waals surface area contributed by atoms with E-state index >= 15 is 0 Å². The molecule has 0 spiro atoms. The lowest BCUT2D eigenvalue weighted by atomic mass is 10.2. The summed E-state index contributed by atoms with van der Waals surface area (Å²) in [5.74, 6) is 1.40. The molecule has 0 atom stereocenters. The molecule has 3 rings (SSSR count). The van der Waals surface area contributed by atoms with Gasteiger partial charge in [0.1, 0.15) is 5.75 Å². The number of aromatic nitrogens is 1. The largest absolute Gasteiger partial charge is 0.439 e. The number of hydrogen-bond acceptors (Lipinski definition) is 3. The lowest BCUT2D eigenvalue weighted by molar-refractivity contribution is 0.464. The SMILES string of the molecule is CCc1cccc(Oc2ccc3cc(N)ccc3n2)c1. The van der Waals surface area contributed by atoms with Gasteiger partial charge in [-0.1, -0.05) is 19.1 Å². The van der Waals surface area contributed by atoms with Gasteiger partial charge in [0.2, 0.25) is 5.88 Å². The molecule has 3 heteroatoms. The number of fused-ring (bicyclic) bond motifs is 1. The molecular weight excluding hydrogens is 248 g/mol. The zero-order chi connectivity index (χ0) is 13.9. The van der Waals surface area contributed by atoms with Crippen molar-refractivity contribution >= 4 is 16.6 Å². The smallest absolute Gasteiger partial charge is 0.219 e. The van der Waals surface area contributed by atoms with Crippen molar-refractivity contribution in [2.75, 3.05) is 5.73 Å². The van der Waals surface area contributed by atoms with Crippen molar-refractivity contribution in [3.63, 3.8) is 0 Å². The zero-order valence-electron chi connectivity index (χ0n) is 11.3. The van der Waals surface area contributed by atoms with Crippen LogP contribution < -0.4 is 10.5 Å². The molecule has 3 aromatic rings. The molecule has 0 unspecified atom stereocenters. The highest BCUT2D eigenvalue weighted by Crippen LogP contribution is 2.24. The average Bonchev–Trinajstić information content (AvgIpc) is 2.47. The van der Waals surface area contributed by atoms with E-state index in [2.05, 4.69) is 18.0 Å². The maximum atomic E-state index is 5.82. The number of ether oxygens (including phenoxy) is 1. The summed E-state index contributed by atoms with van der Waals surface area (Å²) in [5, 5.41) is 1.01. The molecule has 2 aromatic carbocycles. The third-order valence-corrected chi connectivity index (χ3v) is 3.22. The second kappa shape index (κ2) is 5.21. The minimum Gasteiger partial charge on any atom is -0.439 e. The van der Waals surface area contributed by atoms with E-state index in [-0.39, 0.29) is 0 Å². The van der Waals surface area contributed by atoms with Crippen molar-refractivity contribution in [1.82, 2.24) is 4.98 Å². The monoisotopic (exact) mass is 264 g/mol. The summed E-state index contributed by atoms with van der Waals surface area (Å²) in [6.07, 6.45) is 0.988. The van der Waals surface area contributed by atoms with E-state index in [1.54, 1.807) is 0 Å². The third-order valence-electron chi connectivity index (χ3n) is 3.22. The van der Waals surface area contributed by atoms with Crippen molar-refractivity contribution in [2.45, 2.75) is 13.3 Å². The molecule has 0 amide bonds. The Labute approximate surface area is 118 Å². The van der Waals surface area contributed by atoms with Crippen molar-refractivity contribution in [3.8, 4) is 11.6 Å². The predicted octanol–water partition coefficient (Wildman–Crippen LogP) is 4.17. The van der Waals surface area contributed by atoms with Crippen molar-refractivity contribution in [2.24, 2.45) is 0 Å². The number of nitrogens with two attached hydrogens (primary N) is 1. The summed E-state index contributed by atoms with van der Waals surface area (Å²) < 4.78 is 5.82. The van der Waals surface area contributed by atoms with E-state index in [0.717, 1.165) is 28.8 Å². The van der Waals surface area contributed by atoms with E-state index in [4.69, 9.17) is 10.5 Å². The number of benzene rings is 2. The van der Waals surface area contributed by atoms with E-state index in [1.165, 1.54) is 5.56 Å². The molecule has 100 valence electrons. The van der Waals surface area contributed by atoms with E-state index in [1.807, 2.05) is 48.5 Å². The highest BCUT2D eigenvalue weighted by atomic mass is 16.5. The Hall–Kier alpha value is -2.55. The lowest BCUT2D eigenvalue weighted by Gasteiger charge is -2.07. The predicted molar refractivity (Wildman–Crippen MR) is 82.0 cm³/mol. The van der Waals surface area contributed by atoms with Crippen LogP contribution in [0.25, 0.3) is 10.9 Å². The van der Waals surface area contributed by atoms with Crippen LogP contribution in [0.4, 0.5) is 5.69 Å². The van der Waals surface area contributed by atoms with E-state index in [0.29, 0.717) is 5.88 Å². The van der Waals surface area contributed by atoms with Gasteiger partial charge >= 0.3 is 0 Å². The molecule has 0 aliphatic heterocycles. The number of nitrogen functional groups attached to an aromatic ring is 1. The number of rotatable bonds is 3. The van der Waals surface area contributed by atoms with Crippen LogP contribution in [0, 0.1) is 0 Å². The molecule has 0 radical (unpaired) electrons. The summed E-state index contributed by atoms with van der Waals surface area (Å²) in [6.45, 7) is 2.12. The normalized spacial score (nSPS) is 10.7. The Morgan fingerprint density at radius 2 is 1.95 bits per heavy atom. The number of nitrogens with zero attached hydrogens (tertiary/aromatic N) is 1. The summed E-state index contributed by atoms with van der Waals surface area (Å²) in [5.41, 5.74) is 8.62. The first-order valence-electron chi connectivity index (χ1n) is 6.67. The Kier molecular flexibility index (Phi) is 3.25. The van der Waals surface area contributed by atoms with Gasteiger partial charge < -0.3 is 10.5 Å². The molecule has 0 fully saturated rings. The van der Waals surface area contributed by atoms with Gasteiger partial charge in [0.05, 0.1) is 5.52 Å². The van der Waals surface area contributed by atoms with Gasteiger partial charge in [-0.2, -0.15) is 0 Å². The standard InChI is InChI=1S/C17H16N2O/c1-2-12-4-3-5-15(10-12)20-17-9-6-13-11-14(18)7-8-16(13)19-17/h3-11H,2,18H2,1H3. The number of pyridine rings is 1. The quantitative estimate of drug-likeness (QED) is 0.722. The molecule has 0 aliphatic carbocycles. The van der Waals surface area contributed by atoms with Crippen LogP contribution in [0.15, 0.2) is 54.6 Å². The average molecular weight is 264 g/mol. The summed E-state index contributed by atoms with van der Waals surface area (Å²) >= 11 is 0. The second-order valence-corrected chi connectivity index (χ2v) is 4.70. The molecule has 2 N–H and O–H groups in total. The van der Waals surface area contributed by atoms with Crippen molar-refractivity contribution in [3.05, 3.63) is 60.2 Å². The molecule has 0 saturated carbocycles. The van der Waals surface area contributed by atoms with Gasteiger partial charge in [0.15, 0.2) is 0 Å². The fourth-order valence-electron chi connectivity index (χ4n) is 2.13. The minimum atomic E-state index is 0.593. The fourth-order valence-corrected chi connectivity index (χ4v) is 2.13. The van der Waals surface area contributed by atoms with Crippen LogP contribution >= 0.6 is 0 Å². The van der Waals surface area contributed by atoms with Gasteiger partial charge in [-0.05, 0) is 48.4 Å². The zero-order valence-corrected chi connectivity index (χ0v) is 11.3. The number of aryl methyl sites for hydroxylation is 1. The van der Waals surface area contributed by atoms with Crippen LogP contribution in [-0.2, 0) is 6.42 Å². The molecule has 0 saturated heterocycles. The molecule has 3 nitrogen and oxygen atoms in total. The van der Waals surface area contributed by atoms with Gasteiger partial charge in [-0.15, -0.1) is 0 Å². The fraction of sp³-hybridized carbons (Fsp3) is 0.118. The Morgan fingerprint density at radius 3 is 2.80 bits per heavy atom. The van der Waals surface area contributed by atoms with Crippen molar-refractivity contribution in [1.29, 1.82) is 0 Å². The van der Waals surface area contributed by atoms with Crippen LogP contribution in [0.5, 0.6) is 11.6 Å². The topological polar surface area (TPSA) is 48.1 Å². The lowest BCUT2D eigenvalue weighted by Crippen LogP contribution is -1.91. The Bertz CT molecular complexity index is 753. The summed E-state index contributed by atoms with van der Waals surface area (Å²) in [4.78, 5) is 4.49. The molecule has 20 heavy (non-hydrogen) atoms. The van der Waals surface area contributed by atoms with Crippen LogP contribution in [-0.4, -0.2) is 4.98 Å². The van der Waals surface area contributed by atoms with Gasteiger partial charge in [-0.25, -0.2) is 4.98 Å². The summed E-state index contributed by atoms with van der Waals surface area (Å²) in [6, 6.07) is 17.5. The van der Waals surface area contributed by atoms with Gasteiger partial charge in [-0.3, -0.25) is 0 Å². The number of anilines is 1. The van der Waals surface area contributed by atoms with Crippen molar-refractivity contribution < 1.29 is 4.74 Å². The Balaban J connectivity index is 1.92. The molecule has 0 bridgehead atoms. The minimum absolute atomic E-state index is 0.593. The maximum Gasteiger partial charge on any atom is 0.219 e. The number of hydrogen-bond donors (Lipinski definition) is 1. The molecule has 0 aliphatic rings. The van der Waals surface area contributed by atoms with E-state index < -0.39 is 0 Å².